The third-order valence-electron chi connectivity index (χ3n) is 5.41. The fourth-order valence-corrected chi connectivity index (χ4v) is 4.02. The number of aliphatic hydroxyl groups excluding tert-OH is 1. The van der Waals surface area contributed by atoms with E-state index < -0.39 is 0 Å². The maximum Gasteiger partial charge on any atom is 0.0797 e. The number of rotatable bonds is 9. The predicted molar refractivity (Wildman–Crippen MR) is 106 cm³/mol. The van der Waals surface area contributed by atoms with E-state index in [0.717, 1.165) is 19.5 Å². The van der Waals surface area contributed by atoms with E-state index in [1.54, 1.807) is 0 Å². The molecule has 1 N–H and O–H groups in total. The molecule has 1 unspecified atom stereocenters. The molecule has 2 aromatic rings. The summed E-state index contributed by atoms with van der Waals surface area (Å²) in [5.74, 6) is 0.486. The number of benzene rings is 2. The number of hydrogen-bond acceptors (Lipinski definition) is 3. The molecule has 0 spiro atoms. The van der Waals surface area contributed by atoms with Crippen LogP contribution >= 0.6 is 0 Å². The van der Waals surface area contributed by atoms with E-state index in [2.05, 4.69) is 48.2 Å². The van der Waals surface area contributed by atoms with Crippen molar-refractivity contribution in [3.63, 3.8) is 0 Å². The van der Waals surface area contributed by atoms with Gasteiger partial charge in [-0.05, 0) is 23.5 Å². The van der Waals surface area contributed by atoms with Gasteiger partial charge in [0.05, 0.1) is 25.4 Å². The first-order chi connectivity index (χ1) is 12.8. The first kappa shape index (κ1) is 19.1. The Hall–Kier alpha value is -1.68. The van der Waals surface area contributed by atoms with Crippen molar-refractivity contribution in [2.75, 3.05) is 13.2 Å². The second-order valence-electron chi connectivity index (χ2n) is 7.33. The molecule has 1 heterocycles. The molecule has 0 saturated carbocycles. The molecule has 0 aromatic heterocycles. The lowest BCUT2D eigenvalue weighted by Crippen LogP contribution is -2.39. The highest BCUT2D eigenvalue weighted by Crippen LogP contribution is 2.32. The monoisotopic (exact) mass is 353 g/mol. The van der Waals surface area contributed by atoms with Gasteiger partial charge in [0.1, 0.15) is 0 Å². The minimum atomic E-state index is 0.0702. The second kappa shape index (κ2) is 9.86. The summed E-state index contributed by atoms with van der Waals surface area (Å²) in [7, 11) is 0. The Morgan fingerprint density at radius 1 is 1.00 bits per heavy atom. The third-order valence-corrected chi connectivity index (χ3v) is 5.41. The Kier molecular flexibility index (Phi) is 7.24. The topological polar surface area (TPSA) is 32.7 Å². The lowest BCUT2D eigenvalue weighted by molar-refractivity contribution is -0.0214. The minimum Gasteiger partial charge on any atom is -0.395 e. The van der Waals surface area contributed by atoms with Crippen LogP contribution in [0.25, 0.3) is 0 Å². The molecular formula is C23H31NO2. The van der Waals surface area contributed by atoms with Gasteiger partial charge in [-0.15, -0.1) is 0 Å². The van der Waals surface area contributed by atoms with E-state index in [1.165, 1.54) is 24.0 Å². The van der Waals surface area contributed by atoms with Gasteiger partial charge in [-0.2, -0.15) is 0 Å². The largest absolute Gasteiger partial charge is 0.395 e. The molecular weight excluding hydrogens is 322 g/mol. The van der Waals surface area contributed by atoms with Crippen LogP contribution in [0.1, 0.15) is 37.3 Å². The standard InChI is InChI=1S/C23H31NO2/c1-2-3-14-21-16-24(15-19-10-6-4-7-11-19)22(17-25)23(21)26-18-20-12-8-5-9-13-20/h4-13,21-23,25H,2-3,14-18H2,1H3/t21-,22?,23+/m0/s1. The normalized spacial score (nSPS) is 23.4. The van der Waals surface area contributed by atoms with Crippen LogP contribution in [-0.2, 0) is 17.9 Å². The molecule has 1 aliphatic heterocycles. The summed E-state index contributed by atoms with van der Waals surface area (Å²) < 4.78 is 6.37. The molecule has 0 amide bonds. The van der Waals surface area contributed by atoms with Crippen molar-refractivity contribution in [2.24, 2.45) is 5.92 Å². The second-order valence-corrected chi connectivity index (χ2v) is 7.33. The lowest BCUT2D eigenvalue weighted by Gasteiger charge is -2.27. The van der Waals surface area contributed by atoms with Crippen LogP contribution in [0.2, 0.25) is 0 Å². The van der Waals surface area contributed by atoms with Gasteiger partial charge in [0.15, 0.2) is 0 Å². The summed E-state index contributed by atoms with van der Waals surface area (Å²) in [6.07, 6.45) is 3.67. The van der Waals surface area contributed by atoms with E-state index in [9.17, 15) is 5.11 Å². The van der Waals surface area contributed by atoms with Crippen molar-refractivity contribution in [3.8, 4) is 0 Å². The number of hydrogen-bond donors (Lipinski definition) is 1. The van der Waals surface area contributed by atoms with Crippen molar-refractivity contribution in [1.29, 1.82) is 0 Å². The molecule has 140 valence electrons. The van der Waals surface area contributed by atoms with Gasteiger partial charge in [-0.1, -0.05) is 80.4 Å². The Labute approximate surface area is 157 Å². The first-order valence-electron chi connectivity index (χ1n) is 9.86. The molecule has 1 fully saturated rings. The van der Waals surface area contributed by atoms with Crippen LogP contribution in [0, 0.1) is 5.92 Å². The van der Waals surface area contributed by atoms with Crippen LogP contribution < -0.4 is 0 Å². The zero-order chi connectivity index (χ0) is 18.2. The fraction of sp³-hybridized carbons (Fsp3) is 0.478. The minimum absolute atomic E-state index is 0.0702. The van der Waals surface area contributed by atoms with Crippen molar-refractivity contribution >= 4 is 0 Å². The summed E-state index contributed by atoms with van der Waals surface area (Å²) in [6.45, 7) is 4.87. The maximum absolute atomic E-state index is 10.1. The Morgan fingerprint density at radius 3 is 2.27 bits per heavy atom. The van der Waals surface area contributed by atoms with Crippen LogP contribution in [0.4, 0.5) is 0 Å². The highest BCUT2D eigenvalue weighted by molar-refractivity contribution is 5.16. The molecule has 3 heteroatoms. The van der Waals surface area contributed by atoms with Crippen LogP contribution in [0.15, 0.2) is 60.7 Å². The average molecular weight is 354 g/mol. The number of aliphatic hydroxyl groups is 1. The number of nitrogens with zero attached hydrogens (tertiary/aromatic N) is 1. The number of unbranched alkanes of at least 4 members (excludes halogenated alkanes) is 1. The molecule has 1 aliphatic rings. The lowest BCUT2D eigenvalue weighted by atomic mass is 9.96. The Bertz CT molecular complexity index is 631. The molecule has 3 nitrogen and oxygen atoms in total. The van der Waals surface area contributed by atoms with Crippen molar-refractivity contribution in [1.82, 2.24) is 4.90 Å². The van der Waals surface area contributed by atoms with Gasteiger partial charge in [0.2, 0.25) is 0 Å². The highest BCUT2D eigenvalue weighted by Gasteiger charge is 2.41. The highest BCUT2D eigenvalue weighted by atomic mass is 16.5. The van der Waals surface area contributed by atoms with Crippen LogP contribution in [-0.4, -0.2) is 35.3 Å². The third kappa shape index (κ3) is 4.94. The maximum atomic E-state index is 10.1. The van der Waals surface area contributed by atoms with E-state index >= 15 is 0 Å². The van der Waals surface area contributed by atoms with E-state index in [4.69, 9.17) is 4.74 Å². The summed E-state index contributed by atoms with van der Waals surface area (Å²) in [6, 6.07) is 20.9. The van der Waals surface area contributed by atoms with Crippen LogP contribution in [0.3, 0.4) is 0 Å². The van der Waals surface area contributed by atoms with Crippen LogP contribution in [0.5, 0.6) is 0 Å². The molecule has 3 atom stereocenters. The molecule has 2 aromatic carbocycles. The summed E-state index contributed by atoms with van der Waals surface area (Å²) >= 11 is 0. The summed E-state index contributed by atoms with van der Waals surface area (Å²) in [5, 5.41) is 10.1. The zero-order valence-electron chi connectivity index (χ0n) is 15.8. The molecule has 0 aliphatic carbocycles. The molecule has 0 bridgehead atoms. The van der Waals surface area contributed by atoms with Crippen molar-refractivity contribution in [3.05, 3.63) is 71.8 Å². The average Bonchev–Trinajstić information content (AvgIpc) is 3.02. The quantitative estimate of drug-likeness (QED) is 0.731. The van der Waals surface area contributed by atoms with E-state index in [-0.39, 0.29) is 18.8 Å². The molecule has 3 rings (SSSR count). The first-order valence-corrected chi connectivity index (χ1v) is 9.86. The summed E-state index contributed by atoms with van der Waals surface area (Å²) in [4.78, 5) is 2.41. The van der Waals surface area contributed by atoms with Gasteiger partial charge >= 0.3 is 0 Å². The fourth-order valence-electron chi connectivity index (χ4n) is 4.02. The SMILES string of the molecule is CCCC[C@H]1CN(Cc2ccccc2)C(CO)[C@@H]1OCc1ccccc1. The van der Waals surface area contributed by atoms with Gasteiger partial charge in [0, 0.05) is 13.1 Å². The zero-order valence-corrected chi connectivity index (χ0v) is 15.8. The predicted octanol–water partition coefficient (Wildman–Crippen LogP) is 4.25. The smallest absolute Gasteiger partial charge is 0.0797 e. The Balaban J connectivity index is 1.69. The molecule has 0 radical (unpaired) electrons. The Morgan fingerprint density at radius 2 is 1.65 bits per heavy atom. The summed E-state index contributed by atoms with van der Waals surface area (Å²) in [5.41, 5.74) is 2.49. The van der Waals surface area contributed by atoms with E-state index in [0.29, 0.717) is 12.5 Å². The van der Waals surface area contributed by atoms with Gasteiger partial charge < -0.3 is 9.84 Å². The number of ether oxygens (including phenoxy) is 1. The molecule has 1 saturated heterocycles. The number of likely N-dealkylation sites (tertiary alicyclic amines) is 1. The van der Waals surface area contributed by atoms with Crippen molar-refractivity contribution < 1.29 is 9.84 Å². The molecule has 26 heavy (non-hydrogen) atoms. The van der Waals surface area contributed by atoms with E-state index in [1.807, 2.05) is 24.3 Å². The van der Waals surface area contributed by atoms with Crippen molar-refractivity contribution in [2.45, 2.75) is 51.5 Å². The van der Waals surface area contributed by atoms with Gasteiger partial charge in [0.25, 0.3) is 0 Å². The van der Waals surface area contributed by atoms with Gasteiger partial charge in [-0.25, -0.2) is 0 Å². The van der Waals surface area contributed by atoms with Gasteiger partial charge in [-0.3, -0.25) is 4.90 Å².